The van der Waals surface area contributed by atoms with Crippen LogP contribution >= 0.6 is 11.8 Å². The van der Waals surface area contributed by atoms with Crippen molar-refractivity contribution in [2.75, 3.05) is 19.9 Å². The zero-order valence-corrected chi connectivity index (χ0v) is 15.1. The Labute approximate surface area is 151 Å². The van der Waals surface area contributed by atoms with Crippen LogP contribution in [-0.2, 0) is 11.3 Å². The highest BCUT2D eigenvalue weighted by molar-refractivity contribution is 7.99. The summed E-state index contributed by atoms with van der Waals surface area (Å²) in [5.41, 5.74) is 0.956. The van der Waals surface area contributed by atoms with Gasteiger partial charge in [-0.2, -0.15) is 0 Å². The van der Waals surface area contributed by atoms with Crippen molar-refractivity contribution in [3.63, 3.8) is 0 Å². The van der Waals surface area contributed by atoms with Gasteiger partial charge in [0.2, 0.25) is 5.91 Å². The van der Waals surface area contributed by atoms with Crippen molar-refractivity contribution in [3.05, 3.63) is 59.7 Å². The molecule has 0 spiro atoms. The Bertz CT molecular complexity index is 724. The summed E-state index contributed by atoms with van der Waals surface area (Å²) in [6.45, 7) is 0.485. The van der Waals surface area contributed by atoms with Gasteiger partial charge in [0.25, 0.3) is 0 Å². The molecule has 0 bridgehead atoms. The molecule has 134 valence electrons. The molecule has 2 rings (SSSR count). The maximum atomic E-state index is 13.1. The number of hydrogen-bond acceptors (Lipinski definition) is 3. The number of benzene rings is 2. The molecule has 0 unspecified atom stereocenters. The molecule has 0 heterocycles. The van der Waals surface area contributed by atoms with Crippen molar-refractivity contribution in [3.8, 4) is 5.75 Å². The Kier molecular flexibility index (Phi) is 7.25. The molecule has 0 aliphatic heterocycles. The summed E-state index contributed by atoms with van der Waals surface area (Å²) < 4.78 is 31.3. The number of hydrogen-bond donors (Lipinski definition) is 0. The zero-order valence-electron chi connectivity index (χ0n) is 14.3. The van der Waals surface area contributed by atoms with Gasteiger partial charge in [-0.3, -0.25) is 4.79 Å². The number of amides is 1. The first-order valence-corrected chi connectivity index (χ1v) is 8.93. The Hall–Kier alpha value is -2.08. The third-order valence-corrected chi connectivity index (χ3v) is 4.80. The first-order chi connectivity index (χ1) is 12.0. The van der Waals surface area contributed by atoms with Crippen LogP contribution in [0, 0.1) is 11.6 Å². The van der Waals surface area contributed by atoms with Gasteiger partial charge >= 0.3 is 0 Å². The van der Waals surface area contributed by atoms with Gasteiger partial charge in [-0.1, -0.05) is 18.2 Å². The van der Waals surface area contributed by atoms with Crippen molar-refractivity contribution in [2.45, 2.75) is 24.3 Å². The normalized spacial score (nSPS) is 10.6. The topological polar surface area (TPSA) is 29.5 Å². The predicted molar refractivity (Wildman–Crippen MR) is 95.8 cm³/mol. The third-order valence-electron chi connectivity index (χ3n) is 3.72. The number of rotatable bonds is 8. The lowest BCUT2D eigenvalue weighted by molar-refractivity contribution is -0.130. The quantitative estimate of drug-likeness (QED) is 0.509. The lowest BCUT2D eigenvalue weighted by Gasteiger charge is -2.18. The zero-order chi connectivity index (χ0) is 18.2. The Balaban J connectivity index is 1.76. The summed E-state index contributed by atoms with van der Waals surface area (Å²) in [6.07, 6.45) is 1.07. The third kappa shape index (κ3) is 5.74. The molecule has 1 amide bonds. The molecule has 0 aliphatic rings. The molecule has 0 N–H and O–H groups in total. The van der Waals surface area contributed by atoms with E-state index in [0.29, 0.717) is 30.0 Å². The van der Waals surface area contributed by atoms with Crippen LogP contribution in [0.15, 0.2) is 47.4 Å². The number of carbonyl (C=O) groups excluding carboxylic acids is 1. The van der Waals surface area contributed by atoms with E-state index in [1.165, 1.54) is 17.8 Å². The fraction of sp³-hybridized carbons (Fsp3) is 0.316. The monoisotopic (exact) mass is 365 g/mol. The summed E-state index contributed by atoms with van der Waals surface area (Å²) in [4.78, 5) is 14.6. The van der Waals surface area contributed by atoms with E-state index in [4.69, 9.17) is 4.74 Å². The van der Waals surface area contributed by atoms with Crippen molar-refractivity contribution in [1.29, 1.82) is 0 Å². The molecule has 0 aromatic heterocycles. The molecule has 3 nitrogen and oxygen atoms in total. The highest BCUT2D eigenvalue weighted by Crippen LogP contribution is 2.22. The van der Waals surface area contributed by atoms with Crippen LogP contribution in [0.4, 0.5) is 8.78 Å². The second kappa shape index (κ2) is 9.42. The van der Waals surface area contributed by atoms with E-state index in [9.17, 15) is 13.6 Å². The molecular weight excluding hydrogens is 344 g/mol. The van der Waals surface area contributed by atoms with Gasteiger partial charge < -0.3 is 9.64 Å². The molecule has 6 heteroatoms. The molecule has 0 atom stereocenters. The van der Waals surface area contributed by atoms with Crippen LogP contribution in [0.25, 0.3) is 0 Å². The van der Waals surface area contributed by atoms with Crippen molar-refractivity contribution >= 4 is 17.7 Å². The molecule has 0 aliphatic carbocycles. The van der Waals surface area contributed by atoms with Gasteiger partial charge in [0.1, 0.15) is 5.75 Å². The fourth-order valence-electron chi connectivity index (χ4n) is 2.35. The lowest BCUT2D eigenvalue weighted by atomic mass is 10.2. The summed E-state index contributed by atoms with van der Waals surface area (Å²) in [5, 5.41) is 0. The molecular formula is C19H21F2NO2S. The predicted octanol–water partition coefficient (Wildman–Crippen LogP) is 4.50. The number of ether oxygens (including phenoxy) is 1. The van der Waals surface area contributed by atoms with E-state index in [-0.39, 0.29) is 5.91 Å². The second-order valence-corrected chi connectivity index (χ2v) is 6.76. The number of para-hydroxylation sites is 1. The van der Waals surface area contributed by atoms with Crippen molar-refractivity contribution in [1.82, 2.24) is 4.90 Å². The summed E-state index contributed by atoms with van der Waals surface area (Å²) in [7, 11) is 3.37. The van der Waals surface area contributed by atoms with Gasteiger partial charge in [-0.15, -0.1) is 11.8 Å². The van der Waals surface area contributed by atoms with Gasteiger partial charge in [0.05, 0.1) is 7.11 Å². The number of nitrogens with zero attached hydrogens (tertiary/aromatic N) is 1. The molecule has 2 aromatic rings. The van der Waals surface area contributed by atoms with Crippen LogP contribution < -0.4 is 4.74 Å². The van der Waals surface area contributed by atoms with Crippen LogP contribution in [0.2, 0.25) is 0 Å². The fourth-order valence-corrected chi connectivity index (χ4v) is 3.22. The number of thioether (sulfide) groups is 1. The Morgan fingerprint density at radius 3 is 2.64 bits per heavy atom. The molecule has 2 aromatic carbocycles. The van der Waals surface area contributed by atoms with Gasteiger partial charge in [-0.25, -0.2) is 8.78 Å². The first kappa shape index (κ1) is 19.2. The van der Waals surface area contributed by atoms with Crippen LogP contribution in [0.5, 0.6) is 5.75 Å². The summed E-state index contributed by atoms with van der Waals surface area (Å²) in [6, 6.07) is 11.4. The Morgan fingerprint density at radius 2 is 1.92 bits per heavy atom. The van der Waals surface area contributed by atoms with E-state index in [1.54, 1.807) is 25.1 Å². The minimum absolute atomic E-state index is 0.0387. The van der Waals surface area contributed by atoms with Gasteiger partial charge in [0.15, 0.2) is 11.6 Å². The average molecular weight is 365 g/mol. The van der Waals surface area contributed by atoms with E-state index in [0.717, 1.165) is 17.4 Å². The number of methoxy groups -OCH3 is 1. The SMILES string of the molecule is COc1ccccc1CN(C)C(=O)CCCSc1ccc(F)c(F)c1. The average Bonchev–Trinajstić information content (AvgIpc) is 2.61. The summed E-state index contributed by atoms with van der Waals surface area (Å²) >= 11 is 1.41. The molecule has 25 heavy (non-hydrogen) atoms. The van der Waals surface area contributed by atoms with Gasteiger partial charge in [0, 0.05) is 30.5 Å². The highest BCUT2D eigenvalue weighted by Gasteiger charge is 2.12. The minimum atomic E-state index is -0.850. The van der Waals surface area contributed by atoms with E-state index >= 15 is 0 Å². The van der Waals surface area contributed by atoms with Crippen molar-refractivity contribution < 1.29 is 18.3 Å². The molecule has 0 fully saturated rings. The molecule has 0 saturated heterocycles. The standard InChI is InChI=1S/C19H21F2NO2S/c1-22(13-14-6-3-4-7-18(14)24-2)19(23)8-5-11-25-15-9-10-16(20)17(21)12-15/h3-4,6-7,9-10,12H,5,8,11,13H2,1-2H3. The van der Waals surface area contributed by atoms with Gasteiger partial charge in [-0.05, 0) is 36.4 Å². The van der Waals surface area contributed by atoms with Crippen LogP contribution in [0.3, 0.4) is 0 Å². The van der Waals surface area contributed by atoms with Crippen molar-refractivity contribution in [2.24, 2.45) is 0 Å². The summed E-state index contributed by atoms with van der Waals surface area (Å²) in [5.74, 6) is -0.234. The maximum Gasteiger partial charge on any atom is 0.222 e. The second-order valence-electron chi connectivity index (χ2n) is 5.59. The smallest absolute Gasteiger partial charge is 0.222 e. The van der Waals surface area contributed by atoms with Crippen LogP contribution in [0.1, 0.15) is 18.4 Å². The maximum absolute atomic E-state index is 13.1. The first-order valence-electron chi connectivity index (χ1n) is 7.95. The van der Waals surface area contributed by atoms with Crippen LogP contribution in [-0.4, -0.2) is 30.7 Å². The lowest BCUT2D eigenvalue weighted by Crippen LogP contribution is -2.26. The van der Waals surface area contributed by atoms with E-state index in [2.05, 4.69) is 0 Å². The number of carbonyl (C=O) groups is 1. The number of halogens is 2. The molecule has 0 radical (unpaired) electrons. The Morgan fingerprint density at radius 1 is 1.16 bits per heavy atom. The minimum Gasteiger partial charge on any atom is -0.496 e. The largest absolute Gasteiger partial charge is 0.496 e. The van der Waals surface area contributed by atoms with E-state index in [1.807, 2.05) is 24.3 Å². The van der Waals surface area contributed by atoms with E-state index < -0.39 is 11.6 Å². The molecule has 0 saturated carbocycles. The highest BCUT2D eigenvalue weighted by atomic mass is 32.2.